The van der Waals surface area contributed by atoms with Crippen molar-refractivity contribution in [3.63, 3.8) is 0 Å². The van der Waals surface area contributed by atoms with Gasteiger partial charge in [-0.15, -0.1) is 0 Å². The molecule has 0 aromatic heterocycles. The lowest BCUT2D eigenvalue weighted by atomic mass is 10.00. The van der Waals surface area contributed by atoms with Gasteiger partial charge in [-0.3, -0.25) is 10.1 Å². The lowest BCUT2D eigenvalue weighted by Gasteiger charge is -2.41. The van der Waals surface area contributed by atoms with Gasteiger partial charge in [-0.2, -0.15) is 5.26 Å². The van der Waals surface area contributed by atoms with Crippen LogP contribution in [0.15, 0.2) is 18.2 Å². The Morgan fingerprint density at radius 2 is 2.35 bits per heavy atom. The van der Waals surface area contributed by atoms with Gasteiger partial charge < -0.3 is 9.64 Å². The number of benzene rings is 1. The van der Waals surface area contributed by atoms with Gasteiger partial charge in [0, 0.05) is 19.2 Å². The SMILES string of the molecule is CCC1(C)CN(c2cc(C#N)ccc2[N+](=O)[O-])CCO1. The topological polar surface area (TPSA) is 79.4 Å². The third kappa shape index (κ3) is 2.73. The van der Waals surface area contributed by atoms with Crippen molar-refractivity contribution < 1.29 is 9.66 Å². The van der Waals surface area contributed by atoms with Crippen molar-refractivity contribution in [3.8, 4) is 6.07 Å². The maximum absolute atomic E-state index is 11.2. The van der Waals surface area contributed by atoms with Crippen LogP contribution >= 0.6 is 0 Å². The third-order valence-electron chi connectivity index (χ3n) is 3.73. The summed E-state index contributed by atoms with van der Waals surface area (Å²) in [7, 11) is 0. The number of hydrogen-bond acceptors (Lipinski definition) is 5. The van der Waals surface area contributed by atoms with Crippen LogP contribution in [0.25, 0.3) is 0 Å². The molecule has 0 bridgehead atoms. The van der Waals surface area contributed by atoms with Crippen molar-refractivity contribution in [2.24, 2.45) is 0 Å². The summed E-state index contributed by atoms with van der Waals surface area (Å²) < 4.78 is 5.75. The van der Waals surface area contributed by atoms with E-state index in [0.717, 1.165) is 6.42 Å². The van der Waals surface area contributed by atoms with Crippen LogP contribution in [-0.2, 0) is 4.74 Å². The summed E-state index contributed by atoms with van der Waals surface area (Å²) in [5, 5.41) is 20.1. The molecule has 6 nitrogen and oxygen atoms in total. The van der Waals surface area contributed by atoms with Gasteiger partial charge in [0.25, 0.3) is 5.69 Å². The molecule has 20 heavy (non-hydrogen) atoms. The van der Waals surface area contributed by atoms with Gasteiger partial charge in [-0.25, -0.2) is 0 Å². The molecule has 0 aliphatic carbocycles. The van der Waals surface area contributed by atoms with Gasteiger partial charge in [0.1, 0.15) is 5.69 Å². The van der Waals surface area contributed by atoms with E-state index in [0.29, 0.717) is 30.9 Å². The van der Waals surface area contributed by atoms with E-state index in [1.165, 1.54) is 12.1 Å². The minimum Gasteiger partial charge on any atom is -0.372 e. The Morgan fingerprint density at radius 3 is 2.95 bits per heavy atom. The molecule has 1 atom stereocenters. The number of ether oxygens (including phenoxy) is 1. The first kappa shape index (κ1) is 14.3. The van der Waals surface area contributed by atoms with Crippen LogP contribution in [0.2, 0.25) is 0 Å². The van der Waals surface area contributed by atoms with Crippen LogP contribution in [0.1, 0.15) is 25.8 Å². The maximum atomic E-state index is 11.2. The van der Waals surface area contributed by atoms with E-state index < -0.39 is 4.92 Å². The Morgan fingerprint density at radius 1 is 1.60 bits per heavy atom. The summed E-state index contributed by atoms with van der Waals surface area (Å²) >= 11 is 0. The zero-order valence-electron chi connectivity index (χ0n) is 11.6. The molecule has 1 unspecified atom stereocenters. The number of hydrogen-bond donors (Lipinski definition) is 0. The summed E-state index contributed by atoms with van der Waals surface area (Å²) in [6, 6.07) is 6.48. The highest BCUT2D eigenvalue weighted by molar-refractivity contribution is 5.66. The third-order valence-corrected chi connectivity index (χ3v) is 3.73. The van der Waals surface area contributed by atoms with Crippen LogP contribution in [-0.4, -0.2) is 30.2 Å². The van der Waals surface area contributed by atoms with Gasteiger partial charge in [0.2, 0.25) is 0 Å². The summed E-state index contributed by atoms with van der Waals surface area (Å²) in [5.41, 5.74) is 0.645. The fraction of sp³-hybridized carbons (Fsp3) is 0.500. The van der Waals surface area contributed by atoms with E-state index in [1.54, 1.807) is 6.07 Å². The zero-order valence-corrected chi connectivity index (χ0v) is 11.6. The molecular formula is C14H17N3O3. The number of nitro benzene ring substituents is 1. The van der Waals surface area contributed by atoms with Crippen molar-refractivity contribution in [3.05, 3.63) is 33.9 Å². The highest BCUT2D eigenvalue weighted by Crippen LogP contribution is 2.33. The number of nitro groups is 1. The van der Waals surface area contributed by atoms with Crippen LogP contribution in [0.5, 0.6) is 0 Å². The molecule has 1 aromatic rings. The Labute approximate surface area is 117 Å². The van der Waals surface area contributed by atoms with Crippen molar-refractivity contribution in [1.29, 1.82) is 5.26 Å². The molecule has 2 rings (SSSR count). The predicted molar refractivity (Wildman–Crippen MR) is 74.7 cm³/mol. The molecule has 1 aliphatic rings. The maximum Gasteiger partial charge on any atom is 0.292 e. The first-order chi connectivity index (χ1) is 9.49. The lowest BCUT2D eigenvalue weighted by molar-refractivity contribution is -0.384. The summed E-state index contributed by atoms with van der Waals surface area (Å²) in [6.07, 6.45) is 0.829. The predicted octanol–water partition coefficient (Wildman–Crippen LogP) is 2.47. The number of nitriles is 1. The standard InChI is InChI=1S/C14H17N3O3/c1-3-14(2)10-16(6-7-20-14)13-8-11(9-15)4-5-12(13)17(18)19/h4-5,8H,3,6-7,10H2,1-2H3. The van der Waals surface area contributed by atoms with E-state index in [9.17, 15) is 10.1 Å². The molecule has 0 saturated carbocycles. The number of anilines is 1. The van der Waals surface area contributed by atoms with Crippen LogP contribution < -0.4 is 4.90 Å². The second-order valence-electron chi connectivity index (χ2n) is 5.15. The van der Waals surface area contributed by atoms with E-state index >= 15 is 0 Å². The molecule has 1 heterocycles. The Hall–Kier alpha value is -2.13. The van der Waals surface area contributed by atoms with Crippen molar-refractivity contribution >= 4 is 11.4 Å². The van der Waals surface area contributed by atoms with Gasteiger partial charge in [-0.05, 0) is 25.5 Å². The molecular weight excluding hydrogens is 258 g/mol. The first-order valence-corrected chi connectivity index (χ1v) is 6.56. The second-order valence-corrected chi connectivity index (χ2v) is 5.15. The Balaban J connectivity index is 2.40. The molecule has 6 heteroatoms. The van der Waals surface area contributed by atoms with Crippen LogP contribution in [0.4, 0.5) is 11.4 Å². The highest BCUT2D eigenvalue weighted by Gasteiger charge is 2.33. The van der Waals surface area contributed by atoms with Gasteiger partial charge in [-0.1, -0.05) is 6.92 Å². The Kier molecular flexibility index (Phi) is 3.91. The molecule has 0 N–H and O–H groups in total. The summed E-state index contributed by atoms with van der Waals surface area (Å²) in [6.45, 7) is 5.73. The van der Waals surface area contributed by atoms with E-state index in [4.69, 9.17) is 10.00 Å². The zero-order chi connectivity index (χ0) is 14.8. The smallest absolute Gasteiger partial charge is 0.292 e. The number of nitrogens with zero attached hydrogens (tertiary/aromatic N) is 3. The quantitative estimate of drug-likeness (QED) is 0.625. The van der Waals surface area contributed by atoms with Crippen LogP contribution in [0.3, 0.4) is 0 Å². The minimum absolute atomic E-state index is 0.0318. The lowest BCUT2D eigenvalue weighted by Crippen LogP contribution is -2.50. The first-order valence-electron chi connectivity index (χ1n) is 6.56. The fourth-order valence-corrected chi connectivity index (χ4v) is 2.35. The minimum atomic E-state index is -0.408. The average molecular weight is 275 g/mol. The van der Waals surface area contributed by atoms with Crippen LogP contribution in [0, 0.1) is 21.4 Å². The van der Waals surface area contributed by atoms with E-state index in [-0.39, 0.29) is 11.3 Å². The van der Waals surface area contributed by atoms with E-state index in [1.807, 2.05) is 24.8 Å². The molecule has 1 fully saturated rings. The number of rotatable bonds is 3. The largest absolute Gasteiger partial charge is 0.372 e. The molecule has 1 saturated heterocycles. The molecule has 106 valence electrons. The molecule has 1 aliphatic heterocycles. The average Bonchev–Trinajstić information content (AvgIpc) is 2.46. The molecule has 0 radical (unpaired) electrons. The van der Waals surface area contributed by atoms with Gasteiger partial charge in [0.05, 0.1) is 28.8 Å². The van der Waals surface area contributed by atoms with Crippen molar-refractivity contribution in [2.75, 3.05) is 24.6 Å². The summed E-state index contributed by atoms with van der Waals surface area (Å²) in [4.78, 5) is 12.7. The fourth-order valence-electron chi connectivity index (χ4n) is 2.35. The van der Waals surface area contributed by atoms with Crippen molar-refractivity contribution in [1.82, 2.24) is 0 Å². The summed E-state index contributed by atoms with van der Waals surface area (Å²) in [5.74, 6) is 0. The Bertz CT molecular complexity index is 567. The molecule has 0 spiro atoms. The number of morpholine rings is 1. The normalized spacial score (nSPS) is 22.4. The van der Waals surface area contributed by atoms with Gasteiger partial charge in [0.15, 0.2) is 0 Å². The molecule has 0 amide bonds. The monoisotopic (exact) mass is 275 g/mol. The van der Waals surface area contributed by atoms with E-state index in [2.05, 4.69) is 0 Å². The highest BCUT2D eigenvalue weighted by atomic mass is 16.6. The van der Waals surface area contributed by atoms with Gasteiger partial charge >= 0.3 is 0 Å². The molecule has 1 aromatic carbocycles. The second kappa shape index (κ2) is 5.47. The van der Waals surface area contributed by atoms with Crippen molar-refractivity contribution in [2.45, 2.75) is 25.9 Å².